The lowest BCUT2D eigenvalue weighted by molar-refractivity contribution is 0.443. The summed E-state index contributed by atoms with van der Waals surface area (Å²) in [6, 6.07) is 12.4. The van der Waals surface area contributed by atoms with Crippen LogP contribution < -0.4 is 5.32 Å². The van der Waals surface area contributed by atoms with Crippen LogP contribution >= 0.6 is 0 Å². The Bertz CT molecular complexity index is 485. The second kappa shape index (κ2) is 5.36. The smallest absolute Gasteiger partial charge is 0.0649 e. The first-order valence-electron chi connectivity index (χ1n) is 6.40. The van der Waals surface area contributed by atoms with E-state index < -0.39 is 0 Å². The Kier molecular flexibility index (Phi) is 3.82. The molecular formula is C15H21N3. The number of rotatable bonds is 5. The maximum atomic E-state index is 4.46. The van der Waals surface area contributed by atoms with Crippen LogP contribution in [0, 0.1) is 0 Å². The molecule has 0 unspecified atom stereocenters. The van der Waals surface area contributed by atoms with E-state index in [1.807, 2.05) is 36.1 Å². The molecule has 0 amide bonds. The third-order valence-electron chi connectivity index (χ3n) is 3.34. The monoisotopic (exact) mass is 243 g/mol. The van der Waals surface area contributed by atoms with Crippen molar-refractivity contribution in [2.24, 2.45) is 0 Å². The van der Waals surface area contributed by atoms with E-state index >= 15 is 0 Å². The van der Waals surface area contributed by atoms with E-state index in [1.54, 1.807) is 0 Å². The van der Waals surface area contributed by atoms with E-state index in [2.05, 4.69) is 42.5 Å². The van der Waals surface area contributed by atoms with E-state index in [9.17, 15) is 0 Å². The Hall–Kier alpha value is -1.61. The molecule has 0 fully saturated rings. The lowest BCUT2D eigenvalue weighted by atomic mass is 9.85. The van der Waals surface area contributed by atoms with E-state index in [-0.39, 0.29) is 5.41 Å². The van der Waals surface area contributed by atoms with Gasteiger partial charge >= 0.3 is 0 Å². The summed E-state index contributed by atoms with van der Waals surface area (Å²) < 4.78 is 2.04. The lowest BCUT2D eigenvalue weighted by Crippen LogP contribution is -2.26. The SMILES string of the molecule is CNCCC(C)(C)c1ccnn1-c1ccccc1. The topological polar surface area (TPSA) is 29.9 Å². The highest BCUT2D eigenvalue weighted by Crippen LogP contribution is 2.28. The summed E-state index contributed by atoms with van der Waals surface area (Å²) in [6.45, 7) is 5.54. The largest absolute Gasteiger partial charge is 0.320 e. The quantitative estimate of drug-likeness (QED) is 0.875. The predicted molar refractivity (Wildman–Crippen MR) is 75.1 cm³/mol. The van der Waals surface area contributed by atoms with Crippen LogP contribution in [0.25, 0.3) is 5.69 Å². The summed E-state index contributed by atoms with van der Waals surface area (Å²) in [5.41, 5.74) is 2.48. The summed E-state index contributed by atoms with van der Waals surface area (Å²) in [4.78, 5) is 0. The van der Waals surface area contributed by atoms with Gasteiger partial charge in [0.15, 0.2) is 0 Å². The molecule has 0 radical (unpaired) electrons. The molecular weight excluding hydrogens is 222 g/mol. The van der Waals surface area contributed by atoms with Crippen molar-refractivity contribution < 1.29 is 0 Å². The zero-order valence-corrected chi connectivity index (χ0v) is 11.4. The van der Waals surface area contributed by atoms with Gasteiger partial charge < -0.3 is 5.32 Å². The molecule has 0 saturated heterocycles. The maximum absolute atomic E-state index is 4.46. The van der Waals surface area contributed by atoms with Crippen molar-refractivity contribution in [2.45, 2.75) is 25.7 Å². The minimum atomic E-state index is 0.106. The molecule has 1 N–H and O–H groups in total. The summed E-state index contributed by atoms with van der Waals surface area (Å²) in [5, 5.41) is 7.67. The van der Waals surface area contributed by atoms with Gasteiger partial charge in [0.2, 0.25) is 0 Å². The van der Waals surface area contributed by atoms with Gasteiger partial charge in [0.05, 0.1) is 5.69 Å². The van der Waals surface area contributed by atoms with E-state index in [1.165, 1.54) is 5.69 Å². The first-order chi connectivity index (χ1) is 8.65. The van der Waals surface area contributed by atoms with Gasteiger partial charge in [-0.15, -0.1) is 0 Å². The fourth-order valence-electron chi connectivity index (χ4n) is 2.16. The van der Waals surface area contributed by atoms with Gasteiger partial charge in [0.1, 0.15) is 0 Å². The number of hydrogen-bond acceptors (Lipinski definition) is 2. The van der Waals surface area contributed by atoms with Crippen LogP contribution in [0.5, 0.6) is 0 Å². The van der Waals surface area contributed by atoms with Crippen LogP contribution in [0.15, 0.2) is 42.6 Å². The highest BCUT2D eigenvalue weighted by atomic mass is 15.3. The van der Waals surface area contributed by atoms with Gasteiger partial charge in [-0.2, -0.15) is 5.10 Å². The van der Waals surface area contributed by atoms with Crippen molar-refractivity contribution in [1.82, 2.24) is 15.1 Å². The van der Waals surface area contributed by atoms with Gasteiger partial charge in [0, 0.05) is 17.3 Å². The molecule has 0 aliphatic heterocycles. The number of aromatic nitrogens is 2. The van der Waals surface area contributed by atoms with Gasteiger partial charge in [-0.1, -0.05) is 32.0 Å². The van der Waals surface area contributed by atoms with Gasteiger partial charge in [-0.3, -0.25) is 0 Å². The Morgan fingerprint density at radius 3 is 2.56 bits per heavy atom. The molecule has 96 valence electrons. The zero-order chi connectivity index (χ0) is 13.0. The zero-order valence-electron chi connectivity index (χ0n) is 11.4. The fourth-order valence-corrected chi connectivity index (χ4v) is 2.16. The van der Waals surface area contributed by atoms with Gasteiger partial charge in [-0.05, 0) is 38.2 Å². The van der Waals surface area contributed by atoms with Crippen LogP contribution in [0.3, 0.4) is 0 Å². The summed E-state index contributed by atoms with van der Waals surface area (Å²) in [7, 11) is 1.99. The van der Waals surface area contributed by atoms with E-state index in [4.69, 9.17) is 0 Å². The first-order valence-corrected chi connectivity index (χ1v) is 6.40. The highest BCUT2D eigenvalue weighted by Gasteiger charge is 2.24. The molecule has 0 atom stereocenters. The molecule has 3 heteroatoms. The molecule has 0 bridgehead atoms. The van der Waals surface area contributed by atoms with Gasteiger partial charge in [0.25, 0.3) is 0 Å². The second-order valence-electron chi connectivity index (χ2n) is 5.20. The van der Waals surface area contributed by atoms with Crippen molar-refractivity contribution in [3.8, 4) is 5.69 Å². The Balaban J connectivity index is 2.33. The highest BCUT2D eigenvalue weighted by molar-refractivity contribution is 5.34. The standard InChI is InChI=1S/C15H21N3/c1-15(2,10-12-16-3)14-9-11-17-18(14)13-7-5-4-6-8-13/h4-9,11,16H,10,12H2,1-3H3. The second-order valence-corrected chi connectivity index (χ2v) is 5.20. The minimum Gasteiger partial charge on any atom is -0.320 e. The molecule has 3 nitrogen and oxygen atoms in total. The predicted octanol–water partition coefficient (Wildman–Crippen LogP) is 2.76. The minimum absolute atomic E-state index is 0.106. The Morgan fingerprint density at radius 2 is 1.89 bits per heavy atom. The molecule has 18 heavy (non-hydrogen) atoms. The Morgan fingerprint density at radius 1 is 1.17 bits per heavy atom. The summed E-state index contributed by atoms with van der Waals surface area (Å²) >= 11 is 0. The molecule has 0 saturated carbocycles. The van der Waals surface area contributed by atoms with Crippen molar-refractivity contribution in [3.05, 3.63) is 48.3 Å². The molecule has 2 rings (SSSR count). The average Bonchev–Trinajstić information content (AvgIpc) is 2.87. The number of nitrogens with zero attached hydrogens (tertiary/aromatic N) is 2. The summed E-state index contributed by atoms with van der Waals surface area (Å²) in [6.07, 6.45) is 2.96. The van der Waals surface area contributed by atoms with Crippen molar-refractivity contribution in [3.63, 3.8) is 0 Å². The van der Waals surface area contributed by atoms with Crippen LogP contribution in [0.4, 0.5) is 0 Å². The fraction of sp³-hybridized carbons (Fsp3) is 0.400. The molecule has 1 heterocycles. The van der Waals surface area contributed by atoms with E-state index in [0.29, 0.717) is 0 Å². The van der Waals surface area contributed by atoms with Crippen LogP contribution in [-0.2, 0) is 5.41 Å². The molecule has 0 aliphatic rings. The maximum Gasteiger partial charge on any atom is 0.0649 e. The molecule has 0 aliphatic carbocycles. The van der Waals surface area contributed by atoms with Crippen molar-refractivity contribution in [1.29, 1.82) is 0 Å². The van der Waals surface area contributed by atoms with E-state index in [0.717, 1.165) is 18.7 Å². The number of nitrogens with one attached hydrogen (secondary N) is 1. The normalized spacial score (nSPS) is 11.7. The average molecular weight is 243 g/mol. The Labute approximate surface area is 109 Å². The first kappa shape index (κ1) is 12.8. The number of benzene rings is 1. The molecule has 2 aromatic rings. The van der Waals surface area contributed by atoms with Crippen LogP contribution in [0.1, 0.15) is 26.0 Å². The van der Waals surface area contributed by atoms with Crippen molar-refractivity contribution in [2.75, 3.05) is 13.6 Å². The third-order valence-corrected chi connectivity index (χ3v) is 3.34. The number of hydrogen-bond donors (Lipinski definition) is 1. The van der Waals surface area contributed by atoms with Crippen LogP contribution in [-0.4, -0.2) is 23.4 Å². The summed E-state index contributed by atoms with van der Waals surface area (Å²) in [5.74, 6) is 0. The lowest BCUT2D eigenvalue weighted by Gasteiger charge is -2.25. The van der Waals surface area contributed by atoms with Crippen molar-refractivity contribution >= 4 is 0 Å². The molecule has 1 aromatic carbocycles. The molecule has 0 spiro atoms. The molecule has 1 aromatic heterocycles. The number of para-hydroxylation sites is 1. The van der Waals surface area contributed by atoms with Crippen LogP contribution in [0.2, 0.25) is 0 Å². The van der Waals surface area contributed by atoms with Gasteiger partial charge in [-0.25, -0.2) is 4.68 Å². The third kappa shape index (κ3) is 2.62.